The molecular formula is C11H10N2O4. The van der Waals surface area contributed by atoms with E-state index in [0.717, 1.165) is 4.90 Å². The maximum absolute atomic E-state index is 12.0. The van der Waals surface area contributed by atoms with Gasteiger partial charge in [-0.2, -0.15) is 0 Å². The second kappa shape index (κ2) is 3.65. The zero-order valence-corrected chi connectivity index (χ0v) is 9.34. The van der Waals surface area contributed by atoms with Crippen molar-refractivity contribution in [1.29, 1.82) is 0 Å². The predicted octanol–water partition coefficient (Wildman–Crippen LogP) is 1.60. The lowest BCUT2D eigenvalue weighted by molar-refractivity contribution is -0.385. The topological polar surface area (TPSA) is 80.5 Å². The van der Waals surface area contributed by atoms with E-state index in [1.54, 1.807) is 13.8 Å². The standard InChI is InChI=1S/C11H10N2O4/c1-6(2)12-10(14)7-4-3-5-8(13(16)17)9(7)11(12)15/h3-6H,1-2H3. The highest BCUT2D eigenvalue weighted by Gasteiger charge is 2.41. The van der Waals surface area contributed by atoms with Crippen LogP contribution in [0.15, 0.2) is 18.2 Å². The molecule has 0 saturated heterocycles. The Morgan fingerprint density at radius 2 is 1.88 bits per heavy atom. The van der Waals surface area contributed by atoms with Gasteiger partial charge < -0.3 is 0 Å². The monoisotopic (exact) mass is 234 g/mol. The molecule has 0 unspecified atom stereocenters. The van der Waals surface area contributed by atoms with Crippen molar-refractivity contribution in [3.63, 3.8) is 0 Å². The van der Waals surface area contributed by atoms with Crippen molar-refractivity contribution in [2.24, 2.45) is 0 Å². The quantitative estimate of drug-likeness (QED) is 0.442. The summed E-state index contributed by atoms with van der Waals surface area (Å²) in [5.74, 6) is -1.06. The molecule has 1 heterocycles. The van der Waals surface area contributed by atoms with E-state index in [2.05, 4.69) is 0 Å². The summed E-state index contributed by atoms with van der Waals surface area (Å²) in [5, 5.41) is 10.8. The molecule has 0 saturated carbocycles. The Balaban J connectivity index is 2.66. The van der Waals surface area contributed by atoms with Crippen LogP contribution in [0.1, 0.15) is 34.6 Å². The molecule has 88 valence electrons. The highest BCUT2D eigenvalue weighted by atomic mass is 16.6. The molecule has 0 radical (unpaired) electrons. The van der Waals surface area contributed by atoms with E-state index >= 15 is 0 Å². The van der Waals surface area contributed by atoms with Crippen LogP contribution in [0.25, 0.3) is 0 Å². The van der Waals surface area contributed by atoms with Crippen LogP contribution < -0.4 is 0 Å². The molecule has 0 atom stereocenters. The van der Waals surface area contributed by atoms with Crippen LogP contribution in [0.3, 0.4) is 0 Å². The first-order valence-corrected chi connectivity index (χ1v) is 5.10. The number of amides is 2. The van der Waals surface area contributed by atoms with Gasteiger partial charge in [-0.25, -0.2) is 0 Å². The molecule has 6 heteroatoms. The number of benzene rings is 1. The number of nitrogens with zero attached hydrogens (tertiary/aromatic N) is 2. The fourth-order valence-electron chi connectivity index (χ4n) is 1.91. The molecular weight excluding hydrogens is 224 g/mol. The van der Waals surface area contributed by atoms with Crippen molar-refractivity contribution in [2.45, 2.75) is 19.9 Å². The van der Waals surface area contributed by atoms with Crippen LogP contribution in [0.2, 0.25) is 0 Å². The largest absolute Gasteiger partial charge is 0.282 e. The van der Waals surface area contributed by atoms with Crippen molar-refractivity contribution >= 4 is 17.5 Å². The molecule has 1 aromatic rings. The first-order chi connectivity index (χ1) is 7.95. The number of imide groups is 1. The molecule has 0 bridgehead atoms. The molecule has 0 N–H and O–H groups in total. The summed E-state index contributed by atoms with van der Waals surface area (Å²) >= 11 is 0. The van der Waals surface area contributed by atoms with Crippen molar-refractivity contribution in [2.75, 3.05) is 0 Å². The summed E-state index contributed by atoms with van der Waals surface area (Å²) < 4.78 is 0. The zero-order chi connectivity index (χ0) is 12.7. The average Bonchev–Trinajstić information content (AvgIpc) is 2.51. The third-order valence-electron chi connectivity index (χ3n) is 2.64. The van der Waals surface area contributed by atoms with Crippen LogP contribution in [0.5, 0.6) is 0 Å². The highest BCUT2D eigenvalue weighted by Crippen LogP contribution is 2.31. The van der Waals surface area contributed by atoms with Gasteiger partial charge in [0, 0.05) is 12.1 Å². The Morgan fingerprint density at radius 1 is 1.24 bits per heavy atom. The molecule has 6 nitrogen and oxygen atoms in total. The SMILES string of the molecule is CC(C)N1C(=O)c2cccc([N+](=O)[O-])c2C1=O. The lowest BCUT2D eigenvalue weighted by Crippen LogP contribution is -2.36. The third-order valence-corrected chi connectivity index (χ3v) is 2.64. The number of carbonyl (C=O) groups excluding carboxylic acids is 2. The first-order valence-electron chi connectivity index (χ1n) is 5.10. The second-order valence-electron chi connectivity index (χ2n) is 4.03. The predicted molar refractivity (Wildman–Crippen MR) is 58.7 cm³/mol. The van der Waals surface area contributed by atoms with E-state index in [1.165, 1.54) is 18.2 Å². The molecule has 0 spiro atoms. The number of fused-ring (bicyclic) bond motifs is 1. The minimum Gasteiger partial charge on any atom is -0.272 e. The lowest BCUT2D eigenvalue weighted by Gasteiger charge is -2.17. The Hall–Kier alpha value is -2.24. The lowest BCUT2D eigenvalue weighted by atomic mass is 10.1. The smallest absolute Gasteiger partial charge is 0.272 e. The van der Waals surface area contributed by atoms with Gasteiger partial charge in [0.15, 0.2) is 0 Å². The van der Waals surface area contributed by atoms with Gasteiger partial charge in [0.05, 0.1) is 10.5 Å². The van der Waals surface area contributed by atoms with Crippen molar-refractivity contribution < 1.29 is 14.5 Å². The van der Waals surface area contributed by atoms with Crippen molar-refractivity contribution in [1.82, 2.24) is 4.90 Å². The van der Waals surface area contributed by atoms with E-state index in [0.29, 0.717) is 0 Å². The van der Waals surface area contributed by atoms with Crippen LogP contribution in [-0.2, 0) is 0 Å². The van der Waals surface area contributed by atoms with Gasteiger partial charge in [0.1, 0.15) is 5.56 Å². The fourth-order valence-corrected chi connectivity index (χ4v) is 1.91. The highest BCUT2D eigenvalue weighted by molar-refractivity contribution is 6.23. The summed E-state index contributed by atoms with van der Waals surface area (Å²) in [5.41, 5.74) is -0.307. The second-order valence-corrected chi connectivity index (χ2v) is 4.03. The van der Waals surface area contributed by atoms with Gasteiger partial charge in [-0.1, -0.05) is 6.07 Å². The van der Waals surface area contributed by atoms with Gasteiger partial charge in [-0.3, -0.25) is 24.6 Å². The summed E-state index contributed by atoms with van der Waals surface area (Å²) in [4.78, 5) is 35.1. The van der Waals surface area contributed by atoms with Gasteiger partial charge >= 0.3 is 0 Å². The maximum atomic E-state index is 12.0. The van der Waals surface area contributed by atoms with E-state index in [4.69, 9.17) is 0 Å². The first kappa shape index (κ1) is 11.3. The average molecular weight is 234 g/mol. The number of nitro groups is 1. The number of hydrogen-bond donors (Lipinski definition) is 0. The number of nitro benzene ring substituents is 1. The Bertz CT molecular complexity index is 536. The maximum Gasteiger partial charge on any atom is 0.282 e. The van der Waals surface area contributed by atoms with E-state index in [-0.39, 0.29) is 22.9 Å². The Labute approximate surface area is 97.0 Å². The number of rotatable bonds is 2. The minimum absolute atomic E-state index is 0.101. The molecule has 0 fully saturated rings. The molecule has 2 amide bonds. The molecule has 17 heavy (non-hydrogen) atoms. The molecule has 1 aliphatic heterocycles. The van der Waals surface area contributed by atoms with E-state index in [1.807, 2.05) is 0 Å². The Kier molecular flexibility index (Phi) is 2.42. The number of carbonyl (C=O) groups is 2. The van der Waals surface area contributed by atoms with Gasteiger partial charge in [0.25, 0.3) is 17.5 Å². The van der Waals surface area contributed by atoms with Gasteiger partial charge in [0.2, 0.25) is 0 Å². The third kappa shape index (κ3) is 1.49. The van der Waals surface area contributed by atoms with Crippen LogP contribution in [-0.4, -0.2) is 27.7 Å². The van der Waals surface area contributed by atoms with E-state index in [9.17, 15) is 19.7 Å². The molecule has 0 aliphatic carbocycles. The summed E-state index contributed by atoms with van der Waals surface area (Å²) in [6.07, 6.45) is 0. The molecule has 1 aliphatic rings. The van der Waals surface area contributed by atoms with E-state index < -0.39 is 16.7 Å². The van der Waals surface area contributed by atoms with Gasteiger partial charge in [-0.15, -0.1) is 0 Å². The summed E-state index contributed by atoms with van der Waals surface area (Å²) in [6.45, 7) is 3.38. The fraction of sp³-hybridized carbons (Fsp3) is 0.273. The van der Waals surface area contributed by atoms with Crippen LogP contribution in [0, 0.1) is 10.1 Å². The molecule has 1 aromatic carbocycles. The van der Waals surface area contributed by atoms with Crippen LogP contribution in [0.4, 0.5) is 5.69 Å². The van der Waals surface area contributed by atoms with Crippen molar-refractivity contribution in [3.8, 4) is 0 Å². The normalized spacial score (nSPS) is 14.4. The molecule has 0 aromatic heterocycles. The van der Waals surface area contributed by atoms with Gasteiger partial charge in [-0.05, 0) is 19.9 Å². The number of hydrogen-bond acceptors (Lipinski definition) is 4. The summed E-state index contributed by atoms with van der Waals surface area (Å²) in [6, 6.07) is 3.76. The molecule has 2 rings (SSSR count). The minimum atomic E-state index is -0.645. The van der Waals surface area contributed by atoms with Crippen molar-refractivity contribution in [3.05, 3.63) is 39.4 Å². The Morgan fingerprint density at radius 3 is 2.41 bits per heavy atom. The van der Waals surface area contributed by atoms with Crippen LogP contribution >= 0.6 is 0 Å². The zero-order valence-electron chi connectivity index (χ0n) is 9.34. The summed E-state index contributed by atoms with van der Waals surface area (Å²) in [7, 11) is 0.